The van der Waals surface area contributed by atoms with Crippen LogP contribution < -0.4 is 5.32 Å². The van der Waals surface area contributed by atoms with Gasteiger partial charge in [0, 0.05) is 19.5 Å². The van der Waals surface area contributed by atoms with Crippen molar-refractivity contribution in [3.05, 3.63) is 46.6 Å². The molecule has 156 valence electrons. The number of carbonyl (C=O) groups is 1. The first kappa shape index (κ1) is 20.1. The van der Waals surface area contributed by atoms with Crippen LogP contribution in [0.3, 0.4) is 0 Å². The highest BCUT2D eigenvalue weighted by atomic mass is 35.5. The molecule has 1 aromatic carbocycles. The average molecular weight is 427 g/mol. The molecule has 4 rings (SSSR count). The Bertz CT molecular complexity index is 876. The van der Waals surface area contributed by atoms with Gasteiger partial charge in [-0.3, -0.25) is 4.79 Å². The zero-order chi connectivity index (χ0) is 20.6. The van der Waals surface area contributed by atoms with Crippen LogP contribution in [-0.4, -0.2) is 39.9 Å². The van der Waals surface area contributed by atoms with Gasteiger partial charge >= 0.3 is 6.18 Å². The summed E-state index contributed by atoms with van der Waals surface area (Å²) < 4.78 is 42.3. The second-order valence-corrected chi connectivity index (χ2v) is 7.94. The molecule has 29 heavy (non-hydrogen) atoms. The lowest BCUT2D eigenvalue weighted by Crippen LogP contribution is -2.36. The average Bonchev–Trinajstić information content (AvgIpc) is 2.88. The van der Waals surface area contributed by atoms with Crippen LogP contribution in [0.1, 0.15) is 60.2 Å². The SMILES string of the molecule is O=C(c1nn2c(c1Cl)N[C@@H](c1ccccc1)C[C@@H]2C(F)(F)F)N1CCCCCC1. The van der Waals surface area contributed by atoms with Crippen molar-refractivity contribution in [2.24, 2.45) is 0 Å². The maximum absolute atomic E-state index is 13.8. The molecule has 9 heteroatoms. The fraction of sp³-hybridized carbons (Fsp3) is 0.500. The van der Waals surface area contributed by atoms with Gasteiger partial charge in [0.2, 0.25) is 0 Å². The highest BCUT2D eigenvalue weighted by Crippen LogP contribution is 2.46. The van der Waals surface area contributed by atoms with Crippen LogP contribution in [0.2, 0.25) is 5.02 Å². The van der Waals surface area contributed by atoms with Crippen molar-refractivity contribution in [1.29, 1.82) is 0 Å². The van der Waals surface area contributed by atoms with Crippen LogP contribution in [-0.2, 0) is 0 Å². The summed E-state index contributed by atoms with van der Waals surface area (Å²) >= 11 is 6.40. The van der Waals surface area contributed by atoms with E-state index in [9.17, 15) is 18.0 Å². The minimum atomic E-state index is -4.51. The third kappa shape index (κ3) is 3.95. The number of likely N-dealkylation sites (tertiary alicyclic amines) is 1. The number of anilines is 1. The van der Waals surface area contributed by atoms with Crippen LogP contribution >= 0.6 is 11.6 Å². The topological polar surface area (TPSA) is 50.2 Å². The monoisotopic (exact) mass is 426 g/mol. The largest absolute Gasteiger partial charge is 0.410 e. The molecule has 0 spiro atoms. The first-order chi connectivity index (χ1) is 13.9. The number of rotatable bonds is 2. The van der Waals surface area contributed by atoms with Crippen molar-refractivity contribution < 1.29 is 18.0 Å². The van der Waals surface area contributed by atoms with E-state index in [1.54, 1.807) is 29.2 Å². The number of alkyl halides is 3. The molecule has 0 bridgehead atoms. The number of benzene rings is 1. The number of carbonyl (C=O) groups excluding carboxylic acids is 1. The summed E-state index contributed by atoms with van der Waals surface area (Å²) in [5, 5.41) is 7.07. The van der Waals surface area contributed by atoms with Crippen LogP contribution in [0.5, 0.6) is 0 Å². The smallest absolute Gasteiger partial charge is 0.362 e. The zero-order valence-electron chi connectivity index (χ0n) is 15.8. The predicted octanol–water partition coefficient (Wildman–Crippen LogP) is 5.21. The number of nitrogens with one attached hydrogen (secondary N) is 1. The van der Waals surface area contributed by atoms with Gasteiger partial charge in [0.15, 0.2) is 11.7 Å². The highest BCUT2D eigenvalue weighted by molar-refractivity contribution is 6.36. The van der Waals surface area contributed by atoms with Gasteiger partial charge in [0.25, 0.3) is 5.91 Å². The van der Waals surface area contributed by atoms with Gasteiger partial charge in [-0.05, 0) is 18.4 Å². The second kappa shape index (κ2) is 7.89. The van der Waals surface area contributed by atoms with Crippen molar-refractivity contribution in [2.45, 2.75) is 50.4 Å². The summed E-state index contributed by atoms with van der Waals surface area (Å²) in [4.78, 5) is 14.6. The Morgan fingerprint density at radius 2 is 1.76 bits per heavy atom. The fourth-order valence-electron chi connectivity index (χ4n) is 4.05. The molecule has 2 aliphatic rings. The summed E-state index contributed by atoms with van der Waals surface area (Å²) in [7, 11) is 0. The van der Waals surface area contributed by atoms with E-state index in [1.165, 1.54) is 0 Å². The molecule has 1 N–H and O–H groups in total. The van der Waals surface area contributed by atoms with Gasteiger partial charge in [-0.15, -0.1) is 0 Å². The van der Waals surface area contributed by atoms with Crippen LogP contribution in [0.25, 0.3) is 0 Å². The van der Waals surface area contributed by atoms with Gasteiger partial charge in [0.05, 0.1) is 6.04 Å². The van der Waals surface area contributed by atoms with E-state index in [0.29, 0.717) is 13.1 Å². The highest BCUT2D eigenvalue weighted by Gasteiger charge is 2.48. The van der Waals surface area contributed by atoms with Crippen molar-refractivity contribution in [3.8, 4) is 0 Å². The number of fused-ring (bicyclic) bond motifs is 1. The molecule has 1 amide bonds. The molecular weight excluding hydrogens is 405 g/mol. The van der Waals surface area contributed by atoms with Gasteiger partial charge < -0.3 is 10.2 Å². The molecule has 0 saturated carbocycles. The van der Waals surface area contributed by atoms with E-state index in [4.69, 9.17) is 11.6 Å². The Balaban J connectivity index is 1.71. The summed E-state index contributed by atoms with van der Waals surface area (Å²) in [6, 6.07) is 6.48. The maximum Gasteiger partial charge on any atom is 0.410 e. The molecule has 1 saturated heterocycles. The van der Waals surface area contributed by atoms with Crippen molar-refractivity contribution >= 4 is 23.3 Å². The minimum absolute atomic E-state index is 0.0471. The third-order valence-corrected chi connectivity index (χ3v) is 5.95. The van der Waals surface area contributed by atoms with Gasteiger partial charge in [-0.2, -0.15) is 18.3 Å². The molecule has 0 radical (unpaired) electrons. The molecule has 1 fully saturated rings. The first-order valence-corrected chi connectivity index (χ1v) is 10.2. The summed E-state index contributed by atoms with van der Waals surface area (Å²) in [6.45, 7) is 1.14. The summed E-state index contributed by atoms with van der Waals surface area (Å²) in [5.74, 6) is -0.356. The van der Waals surface area contributed by atoms with Gasteiger partial charge in [-0.25, -0.2) is 4.68 Å². The molecule has 3 heterocycles. The van der Waals surface area contributed by atoms with Gasteiger partial charge in [0.1, 0.15) is 10.8 Å². The van der Waals surface area contributed by atoms with Crippen molar-refractivity contribution in [1.82, 2.24) is 14.7 Å². The van der Waals surface area contributed by atoms with Crippen molar-refractivity contribution in [2.75, 3.05) is 18.4 Å². The van der Waals surface area contributed by atoms with E-state index in [0.717, 1.165) is 35.9 Å². The Morgan fingerprint density at radius 1 is 1.10 bits per heavy atom. The van der Waals surface area contributed by atoms with E-state index >= 15 is 0 Å². The standard InChI is InChI=1S/C20H22ClF3N4O/c21-16-17(19(29)27-10-6-1-2-7-11-27)26-28-15(20(22,23)24)12-14(25-18(16)28)13-8-4-3-5-9-13/h3-5,8-9,14-15,25H,1-2,6-7,10-12H2/t14-,15-/m1/s1. The Morgan fingerprint density at radius 3 is 2.38 bits per heavy atom. The van der Waals surface area contributed by atoms with Crippen LogP contribution in [0.15, 0.2) is 30.3 Å². The molecule has 2 atom stereocenters. The maximum atomic E-state index is 13.8. The summed E-state index contributed by atoms with van der Waals surface area (Å²) in [5.41, 5.74) is 0.615. The molecule has 1 aromatic heterocycles. The molecule has 2 aliphatic heterocycles. The van der Waals surface area contributed by atoms with Gasteiger partial charge in [-0.1, -0.05) is 54.8 Å². The zero-order valence-corrected chi connectivity index (χ0v) is 16.5. The van der Waals surface area contributed by atoms with E-state index in [2.05, 4.69) is 10.4 Å². The second-order valence-electron chi connectivity index (χ2n) is 7.56. The number of hydrogen-bond donors (Lipinski definition) is 1. The molecule has 0 aliphatic carbocycles. The Kier molecular flexibility index (Phi) is 5.46. The molecule has 0 unspecified atom stereocenters. The third-order valence-electron chi connectivity index (χ3n) is 5.59. The lowest BCUT2D eigenvalue weighted by molar-refractivity contribution is -0.173. The number of amides is 1. The lowest BCUT2D eigenvalue weighted by atomic mass is 9.97. The number of hydrogen-bond acceptors (Lipinski definition) is 3. The van der Waals surface area contributed by atoms with Crippen LogP contribution in [0, 0.1) is 0 Å². The number of nitrogens with zero attached hydrogens (tertiary/aromatic N) is 3. The van der Waals surface area contributed by atoms with E-state index in [-0.39, 0.29) is 23.0 Å². The van der Waals surface area contributed by atoms with Crippen LogP contribution in [0.4, 0.5) is 19.0 Å². The fourth-order valence-corrected chi connectivity index (χ4v) is 4.31. The Labute approximate surface area is 171 Å². The lowest BCUT2D eigenvalue weighted by Gasteiger charge is -2.33. The number of aromatic nitrogens is 2. The molecule has 5 nitrogen and oxygen atoms in total. The van der Waals surface area contributed by atoms with E-state index < -0.39 is 24.2 Å². The summed E-state index contributed by atoms with van der Waals surface area (Å²) in [6.07, 6.45) is -0.924. The van der Waals surface area contributed by atoms with E-state index in [1.807, 2.05) is 6.07 Å². The predicted molar refractivity (Wildman–Crippen MR) is 104 cm³/mol. The first-order valence-electron chi connectivity index (χ1n) is 9.81. The Hall–Kier alpha value is -2.22. The number of halogens is 4. The quantitative estimate of drug-likeness (QED) is 0.716. The minimum Gasteiger partial charge on any atom is -0.362 e. The molecular formula is C20H22ClF3N4O. The normalized spacial score (nSPS) is 22.6. The molecule has 2 aromatic rings. The van der Waals surface area contributed by atoms with Crippen molar-refractivity contribution in [3.63, 3.8) is 0 Å².